The van der Waals surface area contributed by atoms with E-state index in [1.165, 1.54) is 0 Å². The SMILES string of the molecule is COc1ccc(C)cc1C(=O)C1=COCCC1. The number of hydrogen-bond donors (Lipinski definition) is 0. The van der Waals surface area contributed by atoms with Gasteiger partial charge in [-0.1, -0.05) is 11.6 Å². The molecule has 3 heteroatoms. The summed E-state index contributed by atoms with van der Waals surface area (Å²) in [5, 5.41) is 0. The predicted octanol–water partition coefficient (Wildman–Crippen LogP) is 2.88. The third-order valence-corrected chi connectivity index (χ3v) is 2.83. The molecule has 1 heterocycles. The minimum absolute atomic E-state index is 0.00486. The fourth-order valence-corrected chi connectivity index (χ4v) is 1.90. The topological polar surface area (TPSA) is 35.5 Å². The molecular formula is C14H16O3. The molecule has 1 aliphatic heterocycles. The molecule has 0 unspecified atom stereocenters. The van der Waals surface area contributed by atoms with Gasteiger partial charge >= 0.3 is 0 Å². The number of benzene rings is 1. The van der Waals surface area contributed by atoms with Crippen molar-refractivity contribution in [3.05, 3.63) is 41.2 Å². The van der Waals surface area contributed by atoms with Gasteiger partial charge in [0.05, 0.1) is 25.5 Å². The summed E-state index contributed by atoms with van der Waals surface area (Å²) in [7, 11) is 1.58. The van der Waals surface area contributed by atoms with Crippen molar-refractivity contribution >= 4 is 5.78 Å². The molecule has 0 radical (unpaired) electrons. The van der Waals surface area contributed by atoms with Crippen molar-refractivity contribution in [1.29, 1.82) is 0 Å². The highest BCUT2D eigenvalue weighted by molar-refractivity contribution is 6.10. The molecule has 1 aliphatic rings. The summed E-state index contributed by atoms with van der Waals surface area (Å²) in [5.41, 5.74) is 2.39. The Balaban J connectivity index is 2.35. The average Bonchev–Trinajstić information content (AvgIpc) is 2.39. The van der Waals surface area contributed by atoms with Crippen molar-refractivity contribution in [2.45, 2.75) is 19.8 Å². The molecular weight excluding hydrogens is 216 g/mol. The Labute approximate surface area is 101 Å². The lowest BCUT2D eigenvalue weighted by molar-refractivity contribution is 0.101. The molecule has 0 spiro atoms. The summed E-state index contributed by atoms with van der Waals surface area (Å²) in [6, 6.07) is 5.62. The summed E-state index contributed by atoms with van der Waals surface area (Å²) in [6.45, 7) is 2.66. The van der Waals surface area contributed by atoms with Crippen molar-refractivity contribution in [3.63, 3.8) is 0 Å². The van der Waals surface area contributed by atoms with Crippen LogP contribution in [0.5, 0.6) is 5.75 Å². The number of allylic oxidation sites excluding steroid dienone is 1. The molecule has 2 rings (SSSR count). The number of aryl methyl sites for hydroxylation is 1. The number of ketones is 1. The lowest BCUT2D eigenvalue weighted by atomic mass is 9.98. The van der Waals surface area contributed by atoms with Crippen LogP contribution in [0, 0.1) is 6.92 Å². The van der Waals surface area contributed by atoms with E-state index in [2.05, 4.69) is 0 Å². The quantitative estimate of drug-likeness (QED) is 0.752. The lowest BCUT2D eigenvalue weighted by Gasteiger charge is -2.14. The van der Waals surface area contributed by atoms with Crippen molar-refractivity contribution < 1.29 is 14.3 Å². The molecule has 1 aromatic rings. The Kier molecular flexibility index (Phi) is 3.47. The summed E-state index contributed by atoms with van der Waals surface area (Å²) in [5.74, 6) is 0.623. The Hall–Kier alpha value is -1.77. The van der Waals surface area contributed by atoms with Crippen molar-refractivity contribution in [3.8, 4) is 5.75 Å². The Morgan fingerprint density at radius 3 is 2.88 bits per heavy atom. The van der Waals surface area contributed by atoms with Gasteiger partial charge in [-0.15, -0.1) is 0 Å². The molecule has 17 heavy (non-hydrogen) atoms. The van der Waals surface area contributed by atoms with Crippen LogP contribution in [-0.2, 0) is 4.74 Å². The average molecular weight is 232 g/mol. The predicted molar refractivity (Wildman–Crippen MR) is 65.3 cm³/mol. The molecule has 0 fully saturated rings. The fourth-order valence-electron chi connectivity index (χ4n) is 1.90. The van der Waals surface area contributed by atoms with Gasteiger partial charge in [-0.3, -0.25) is 4.79 Å². The largest absolute Gasteiger partial charge is 0.501 e. The molecule has 3 nitrogen and oxygen atoms in total. The highest BCUT2D eigenvalue weighted by Gasteiger charge is 2.19. The maximum absolute atomic E-state index is 12.3. The number of carbonyl (C=O) groups excluding carboxylic acids is 1. The molecule has 0 atom stereocenters. The highest BCUT2D eigenvalue weighted by atomic mass is 16.5. The van der Waals surface area contributed by atoms with Crippen LogP contribution in [-0.4, -0.2) is 19.5 Å². The zero-order valence-electron chi connectivity index (χ0n) is 10.2. The van der Waals surface area contributed by atoms with E-state index in [1.54, 1.807) is 13.4 Å². The Bertz CT molecular complexity index is 461. The third-order valence-electron chi connectivity index (χ3n) is 2.83. The standard InChI is InChI=1S/C14H16O3/c1-10-5-6-13(16-2)12(8-10)14(15)11-4-3-7-17-9-11/h5-6,8-9H,3-4,7H2,1-2H3. The summed E-state index contributed by atoms with van der Waals surface area (Å²) in [6.07, 6.45) is 3.25. The van der Waals surface area contributed by atoms with Crippen LogP contribution < -0.4 is 4.74 Å². The van der Waals surface area contributed by atoms with Crippen LogP contribution in [0.25, 0.3) is 0 Å². The number of ether oxygens (including phenoxy) is 2. The van der Waals surface area contributed by atoms with Crippen LogP contribution in [0.3, 0.4) is 0 Å². The molecule has 0 bridgehead atoms. The second kappa shape index (κ2) is 5.04. The normalized spacial score (nSPS) is 14.8. The van der Waals surface area contributed by atoms with E-state index < -0.39 is 0 Å². The van der Waals surface area contributed by atoms with Crippen LogP contribution >= 0.6 is 0 Å². The first kappa shape index (κ1) is 11.7. The van der Waals surface area contributed by atoms with Gasteiger partial charge in [0.2, 0.25) is 0 Å². The molecule has 0 saturated carbocycles. The van der Waals surface area contributed by atoms with Crippen LogP contribution in [0.15, 0.2) is 30.0 Å². The molecule has 0 aliphatic carbocycles. The number of carbonyl (C=O) groups is 1. The molecule has 0 aromatic heterocycles. The van der Waals surface area contributed by atoms with E-state index in [0.29, 0.717) is 17.9 Å². The summed E-state index contributed by atoms with van der Waals surface area (Å²) in [4.78, 5) is 12.3. The zero-order valence-corrected chi connectivity index (χ0v) is 10.2. The lowest BCUT2D eigenvalue weighted by Crippen LogP contribution is -2.10. The van der Waals surface area contributed by atoms with E-state index in [9.17, 15) is 4.79 Å². The van der Waals surface area contributed by atoms with Gasteiger partial charge in [0, 0.05) is 5.57 Å². The number of Topliss-reactive ketones (excluding diaryl/α,β-unsaturated/α-hetero) is 1. The minimum Gasteiger partial charge on any atom is -0.501 e. The van der Waals surface area contributed by atoms with E-state index in [4.69, 9.17) is 9.47 Å². The van der Waals surface area contributed by atoms with Crippen LogP contribution in [0.2, 0.25) is 0 Å². The molecule has 1 aromatic carbocycles. The monoisotopic (exact) mass is 232 g/mol. The van der Waals surface area contributed by atoms with Gasteiger partial charge in [-0.05, 0) is 31.9 Å². The fraction of sp³-hybridized carbons (Fsp3) is 0.357. The van der Waals surface area contributed by atoms with E-state index in [-0.39, 0.29) is 5.78 Å². The molecule has 0 N–H and O–H groups in total. The number of hydrogen-bond acceptors (Lipinski definition) is 3. The second-order valence-corrected chi connectivity index (χ2v) is 4.15. The third kappa shape index (κ3) is 2.49. The van der Waals surface area contributed by atoms with Gasteiger partial charge in [0.15, 0.2) is 5.78 Å². The highest BCUT2D eigenvalue weighted by Crippen LogP contribution is 2.25. The van der Waals surface area contributed by atoms with Gasteiger partial charge < -0.3 is 9.47 Å². The van der Waals surface area contributed by atoms with E-state index >= 15 is 0 Å². The first-order valence-corrected chi connectivity index (χ1v) is 5.72. The van der Waals surface area contributed by atoms with Gasteiger partial charge in [0.1, 0.15) is 5.75 Å². The molecule has 0 saturated heterocycles. The van der Waals surface area contributed by atoms with Crippen molar-refractivity contribution in [2.24, 2.45) is 0 Å². The first-order valence-electron chi connectivity index (χ1n) is 5.72. The zero-order chi connectivity index (χ0) is 12.3. The maximum Gasteiger partial charge on any atom is 0.195 e. The maximum atomic E-state index is 12.3. The molecule has 0 amide bonds. The minimum atomic E-state index is 0.00486. The molecule has 90 valence electrons. The van der Waals surface area contributed by atoms with E-state index in [1.807, 2.05) is 25.1 Å². The Morgan fingerprint density at radius 2 is 2.24 bits per heavy atom. The van der Waals surface area contributed by atoms with Crippen molar-refractivity contribution in [2.75, 3.05) is 13.7 Å². The van der Waals surface area contributed by atoms with Gasteiger partial charge in [-0.25, -0.2) is 0 Å². The first-order chi connectivity index (χ1) is 8.22. The van der Waals surface area contributed by atoms with Crippen LogP contribution in [0.4, 0.5) is 0 Å². The second-order valence-electron chi connectivity index (χ2n) is 4.15. The van der Waals surface area contributed by atoms with Gasteiger partial charge in [-0.2, -0.15) is 0 Å². The van der Waals surface area contributed by atoms with Crippen LogP contribution in [0.1, 0.15) is 28.8 Å². The number of methoxy groups -OCH3 is 1. The smallest absolute Gasteiger partial charge is 0.195 e. The Morgan fingerprint density at radius 1 is 1.41 bits per heavy atom. The van der Waals surface area contributed by atoms with Crippen molar-refractivity contribution in [1.82, 2.24) is 0 Å². The summed E-state index contributed by atoms with van der Waals surface area (Å²) >= 11 is 0. The number of rotatable bonds is 3. The van der Waals surface area contributed by atoms with E-state index in [0.717, 1.165) is 24.0 Å². The van der Waals surface area contributed by atoms with Gasteiger partial charge in [0.25, 0.3) is 0 Å². The summed E-state index contributed by atoms with van der Waals surface area (Å²) < 4.78 is 10.4.